The number of carbonyl (C=O) groups is 1. The highest BCUT2D eigenvalue weighted by Crippen LogP contribution is 2.16. The van der Waals surface area contributed by atoms with Gasteiger partial charge in [0.1, 0.15) is 0 Å². The second kappa shape index (κ2) is 3.83. The Labute approximate surface area is 75.2 Å². The summed E-state index contributed by atoms with van der Waals surface area (Å²) in [6.07, 6.45) is 4.20. The summed E-state index contributed by atoms with van der Waals surface area (Å²) >= 11 is 0. The molecule has 0 fully saturated rings. The molecule has 0 radical (unpaired) electrons. The van der Waals surface area contributed by atoms with Gasteiger partial charge >= 0.3 is 5.92 Å². The number of alkyl halides is 2. The van der Waals surface area contributed by atoms with Crippen molar-refractivity contribution in [1.29, 1.82) is 0 Å². The summed E-state index contributed by atoms with van der Waals surface area (Å²) in [4.78, 5) is 12.2. The maximum Gasteiger partial charge on any atom is 0.336 e. The van der Waals surface area contributed by atoms with E-state index < -0.39 is 18.4 Å². The van der Waals surface area contributed by atoms with Gasteiger partial charge in [0, 0.05) is 13.1 Å². The molecule has 0 aromatic heterocycles. The third-order valence-corrected chi connectivity index (χ3v) is 1.91. The second-order valence-electron chi connectivity index (χ2n) is 2.92. The minimum Gasteiger partial charge on any atom is -0.333 e. The van der Waals surface area contributed by atoms with E-state index >= 15 is 0 Å². The zero-order valence-corrected chi connectivity index (χ0v) is 7.17. The lowest BCUT2D eigenvalue weighted by Crippen LogP contribution is -2.48. The molecule has 1 heterocycles. The summed E-state index contributed by atoms with van der Waals surface area (Å²) in [7, 11) is 0. The standard InChI is InChI=1S/C8H12F2N2O/c9-8(10,6-11)7(13)12-4-2-1-3-5-12/h1-2H,3-6,11H2. The van der Waals surface area contributed by atoms with Crippen molar-refractivity contribution in [2.45, 2.75) is 12.3 Å². The molecule has 1 rings (SSSR count). The molecule has 1 aliphatic rings. The summed E-state index contributed by atoms with van der Waals surface area (Å²) in [5, 5.41) is 0. The predicted molar refractivity (Wildman–Crippen MR) is 44.3 cm³/mol. The number of halogens is 2. The number of carbonyl (C=O) groups excluding carboxylic acids is 1. The van der Waals surface area contributed by atoms with Gasteiger partial charge in [-0.1, -0.05) is 12.2 Å². The van der Waals surface area contributed by atoms with E-state index in [-0.39, 0.29) is 6.54 Å². The van der Waals surface area contributed by atoms with Crippen molar-refractivity contribution in [3.63, 3.8) is 0 Å². The molecule has 0 saturated carbocycles. The van der Waals surface area contributed by atoms with Crippen molar-refractivity contribution in [3.05, 3.63) is 12.2 Å². The zero-order chi connectivity index (χ0) is 9.90. The van der Waals surface area contributed by atoms with Crippen LogP contribution in [-0.2, 0) is 4.79 Å². The fourth-order valence-electron chi connectivity index (χ4n) is 1.14. The van der Waals surface area contributed by atoms with E-state index in [9.17, 15) is 13.6 Å². The molecule has 74 valence electrons. The highest BCUT2D eigenvalue weighted by Gasteiger charge is 2.40. The van der Waals surface area contributed by atoms with Crippen LogP contribution in [0.25, 0.3) is 0 Å². The number of amides is 1. The average Bonchev–Trinajstić information content (AvgIpc) is 2.18. The lowest BCUT2D eigenvalue weighted by Gasteiger charge is -2.26. The SMILES string of the molecule is NCC(F)(F)C(=O)N1CC=CCC1. The molecule has 5 heteroatoms. The van der Waals surface area contributed by atoms with Gasteiger partial charge in [0.15, 0.2) is 0 Å². The fraction of sp³-hybridized carbons (Fsp3) is 0.625. The van der Waals surface area contributed by atoms with Gasteiger partial charge in [-0.2, -0.15) is 8.78 Å². The van der Waals surface area contributed by atoms with Gasteiger partial charge < -0.3 is 10.6 Å². The van der Waals surface area contributed by atoms with Crippen molar-refractivity contribution in [2.75, 3.05) is 19.6 Å². The number of rotatable bonds is 2. The number of nitrogens with two attached hydrogens (primary N) is 1. The van der Waals surface area contributed by atoms with Crippen LogP contribution in [0.2, 0.25) is 0 Å². The van der Waals surface area contributed by atoms with Crippen LogP contribution < -0.4 is 5.73 Å². The van der Waals surface area contributed by atoms with Crippen LogP contribution in [0.5, 0.6) is 0 Å². The van der Waals surface area contributed by atoms with Crippen molar-refractivity contribution >= 4 is 5.91 Å². The smallest absolute Gasteiger partial charge is 0.333 e. The van der Waals surface area contributed by atoms with Crippen LogP contribution >= 0.6 is 0 Å². The third kappa shape index (κ3) is 2.24. The first kappa shape index (κ1) is 10.1. The Kier molecular flexibility index (Phi) is 2.98. The Bertz CT molecular complexity index is 228. The lowest BCUT2D eigenvalue weighted by molar-refractivity contribution is -0.155. The summed E-state index contributed by atoms with van der Waals surface area (Å²) in [5.74, 6) is -4.58. The molecule has 13 heavy (non-hydrogen) atoms. The first-order chi connectivity index (χ1) is 6.08. The second-order valence-corrected chi connectivity index (χ2v) is 2.92. The highest BCUT2D eigenvalue weighted by atomic mass is 19.3. The molecular weight excluding hydrogens is 178 g/mol. The maximum absolute atomic E-state index is 12.8. The van der Waals surface area contributed by atoms with Gasteiger partial charge in [-0.3, -0.25) is 4.79 Å². The highest BCUT2D eigenvalue weighted by molar-refractivity contribution is 5.84. The van der Waals surface area contributed by atoms with Gasteiger partial charge in [0.05, 0.1) is 6.54 Å². The van der Waals surface area contributed by atoms with Crippen LogP contribution in [-0.4, -0.2) is 36.4 Å². The van der Waals surface area contributed by atoms with E-state index in [2.05, 4.69) is 0 Å². The van der Waals surface area contributed by atoms with Gasteiger partial charge in [-0.15, -0.1) is 0 Å². The van der Waals surface area contributed by atoms with Crippen LogP contribution in [0.15, 0.2) is 12.2 Å². The van der Waals surface area contributed by atoms with Crippen LogP contribution in [0, 0.1) is 0 Å². The molecule has 0 aromatic carbocycles. The van der Waals surface area contributed by atoms with Crippen molar-refractivity contribution < 1.29 is 13.6 Å². The molecule has 0 aliphatic carbocycles. The van der Waals surface area contributed by atoms with Crippen molar-refractivity contribution in [1.82, 2.24) is 4.90 Å². The number of nitrogens with zero attached hydrogens (tertiary/aromatic N) is 1. The van der Waals surface area contributed by atoms with Crippen LogP contribution in [0.3, 0.4) is 0 Å². The van der Waals surface area contributed by atoms with Crippen molar-refractivity contribution in [3.8, 4) is 0 Å². The minimum atomic E-state index is -3.41. The summed E-state index contributed by atoms with van der Waals surface area (Å²) in [6, 6.07) is 0. The van der Waals surface area contributed by atoms with E-state index in [1.54, 1.807) is 6.08 Å². The van der Waals surface area contributed by atoms with E-state index in [4.69, 9.17) is 5.73 Å². The monoisotopic (exact) mass is 190 g/mol. The molecule has 0 saturated heterocycles. The Hall–Kier alpha value is -0.970. The Morgan fingerprint density at radius 1 is 1.54 bits per heavy atom. The van der Waals surface area contributed by atoms with E-state index in [0.29, 0.717) is 13.0 Å². The molecule has 2 N–H and O–H groups in total. The van der Waals surface area contributed by atoms with E-state index in [0.717, 1.165) is 4.90 Å². The molecule has 1 aliphatic heterocycles. The zero-order valence-electron chi connectivity index (χ0n) is 7.17. The number of hydrogen-bond donors (Lipinski definition) is 1. The average molecular weight is 190 g/mol. The topological polar surface area (TPSA) is 46.3 Å². The van der Waals surface area contributed by atoms with Gasteiger partial charge in [-0.25, -0.2) is 0 Å². The predicted octanol–water partition coefficient (Wildman–Crippen LogP) is 0.369. The third-order valence-electron chi connectivity index (χ3n) is 1.91. The molecule has 0 aromatic rings. The van der Waals surface area contributed by atoms with E-state index in [1.807, 2.05) is 6.08 Å². The molecule has 1 amide bonds. The normalized spacial score (nSPS) is 17.6. The number of hydrogen-bond acceptors (Lipinski definition) is 2. The first-order valence-corrected chi connectivity index (χ1v) is 4.10. The van der Waals surface area contributed by atoms with Gasteiger partial charge in [-0.05, 0) is 6.42 Å². The van der Waals surface area contributed by atoms with E-state index in [1.165, 1.54) is 0 Å². The molecule has 0 atom stereocenters. The molecule has 0 spiro atoms. The first-order valence-electron chi connectivity index (χ1n) is 4.10. The van der Waals surface area contributed by atoms with Crippen LogP contribution in [0.1, 0.15) is 6.42 Å². The van der Waals surface area contributed by atoms with Crippen LogP contribution in [0.4, 0.5) is 8.78 Å². The van der Waals surface area contributed by atoms with Gasteiger partial charge in [0.25, 0.3) is 5.91 Å². The summed E-state index contributed by atoms with van der Waals surface area (Å²) in [6.45, 7) is -0.314. The molecule has 0 unspecified atom stereocenters. The lowest BCUT2D eigenvalue weighted by atomic mass is 10.2. The molecular formula is C8H12F2N2O. The van der Waals surface area contributed by atoms with Crippen molar-refractivity contribution in [2.24, 2.45) is 5.73 Å². The maximum atomic E-state index is 12.8. The Morgan fingerprint density at radius 2 is 2.23 bits per heavy atom. The molecule has 3 nitrogen and oxygen atoms in total. The largest absolute Gasteiger partial charge is 0.336 e. The quantitative estimate of drug-likeness (QED) is 0.639. The van der Waals surface area contributed by atoms with Gasteiger partial charge in [0.2, 0.25) is 0 Å². The summed E-state index contributed by atoms with van der Waals surface area (Å²) < 4.78 is 25.6. The Balaban J connectivity index is 2.61. The summed E-state index contributed by atoms with van der Waals surface area (Å²) in [5.41, 5.74) is 4.80. The molecule has 0 bridgehead atoms. The fourth-order valence-corrected chi connectivity index (χ4v) is 1.14. The Morgan fingerprint density at radius 3 is 2.69 bits per heavy atom. The minimum absolute atomic E-state index is 0.258.